The first-order valence-corrected chi connectivity index (χ1v) is 18.1. The molecule has 3 aromatic carbocycles. The van der Waals surface area contributed by atoms with Gasteiger partial charge in [-0.25, -0.2) is 0 Å². The molecular weight excluding hydrogens is 646 g/mol. The van der Waals surface area contributed by atoms with E-state index in [1.54, 1.807) is 50.2 Å². The summed E-state index contributed by atoms with van der Waals surface area (Å²) in [4.78, 5) is 34.8. The van der Waals surface area contributed by atoms with Gasteiger partial charge in [0.25, 0.3) is 5.91 Å². The van der Waals surface area contributed by atoms with Gasteiger partial charge in [-0.15, -0.1) is 0 Å². The molecule has 4 aliphatic rings. The van der Waals surface area contributed by atoms with Gasteiger partial charge in [0.1, 0.15) is 30.3 Å². The lowest BCUT2D eigenvalue weighted by molar-refractivity contribution is -0.183. The van der Waals surface area contributed by atoms with Crippen LogP contribution in [-0.2, 0) is 22.8 Å². The smallest absolute Gasteiger partial charge is 0.253 e. The van der Waals surface area contributed by atoms with Crippen molar-refractivity contribution in [3.05, 3.63) is 83.4 Å². The lowest BCUT2D eigenvalue weighted by Gasteiger charge is -2.62. The Morgan fingerprint density at radius 2 is 1.76 bits per heavy atom. The Labute approximate surface area is 301 Å². The Bertz CT molecular complexity index is 1690. The Balaban J connectivity index is 1.32. The number of rotatable bonds is 12. The zero-order valence-electron chi connectivity index (χ0n) is 30.8. The van der Waals surface area contributed by atoms with Gasteiger partial charge in [-0.1, -0.05) is 63.2 Å². The third-order valence-corrected chi connectivity index (χ3v) is 11.9. The second-order valence-electron chi connectivity index (χ2n) is 15.4. The van der Waals surface area contributed by atoms with Gasteiger partial charge in [0.2, 0.25) is 5.91 Å². The summed E-state index contributed by atoms with van der Waals surface area (Å²) in [5, 5.41) is 26.3. The molecule has 0 unspecified atom stereocenters. The van der Waals surface area contributed by atoms with E-state index in [0.717, 1.165) is 34.4 Å². The molecule has 10 heteroatoms. The molecule has 0 aromatic heterocycles. The van der Waals surface area contributed by atoms with Crippen LogP contribution in [0.5, 0.6) is 11.5 Å². The first kappa shape index (κ1) is 36.8. The van der Waals surface area contributed by atoms with E-state index in [2.05, 4.69) is 26.1 Å². The minimum absolute atomic E-state index is 0.0352. The molecule has 0 spiro atoms. The highest BCUT2D eigenvalue weighted by molar-refractivity contribution is 5.94. The fraction of sp³-hybridized carbons (Fsp3) is 0.512. The Morgan fingerprint density at radius 3 is 2.35 bits per heavy atom. The van der Waals surface area contributed by atoms with Gasteiger partial charge in [-0.05, 0) is 78.3 Å². The number of hydrogen-bond donors (Lipinski definition) is 3. The first-order chi connectivity index (χ1) is 24.3. The highest BCUT2D eigenvalue weighted by atomic mass is 16.7. The van der Waals surface area contributed by atoms with Gasteiger partial charge in [0.15, 0.2) is 0 Å². The zero-order valence-corrected chi connectivity index (χ0v) is 30.8. The van der Waals surface area contributed by atoms with E-state index in [0.29, 0.717) is 29.1 Å². The molecule has 3 N–H and O–H groups in total. The number of benzene rings is 3. The number of para-hydroxylation sites is 1. The number of carbonyl (C=O) groups excluding carboxylic acids is 2. The monoisotopic (exact) mass is 699 g/mol. The molecule has 10 nitrogen and oxygen atoms in total. The molecule has 1 saturated heterocycles. The standard InChI is InChI=1S/C41H53N3O7/c1-24-33-19-30(41(33,3)4)20-34(24)42-39(47)37-36(25(2)46)35(22-45)51-44(37)21-29-9-8-10-32(27-13-15-28(16-14-27)40(48)43(5)6)38(29)50-23-26-11-17-31(49-7)18-12-26/h8-18,24-25,30,33-37,45-46H,19-23H2,1-7H3,(H,42,47)/t24-,25-,30+,33-,34-,35-,36+,37-/m0/s1. The number of amides is 2. The molecule has 8 atom stereocenters. The largest absolute Gasteiger partial charge is 0.497 e. The third kappa shape index (κ3) is 7.24. The van der Waals surface area contributed by atoms with Crippen LogP contribution in [0.1, 0.15) is 62.0 Å². The Kier molecular flexibility index (Phi) is 10.8. The van der Waals surface area contributed by atoms with Crippen molar-refractivity contribution in [3.8, 4) is 22.6 Å². The summed E-state index contributed by atoms with van der Waals surface area (Å²) < 4.78 is 11.9. The summed E-state index contributed by atoms with van der Waals surface area (Å²) in [6, 6.07) is 20.1. The van der Waals surface area contributed by atoms with Gasteiger partial charge in [-0.3, -0.25) is 14.4 Å². The average molecular weight is 700 g/mol. The molecule has 1 heterocycles. The van der Waals surface area contributed by atoms with E-state index in [-0.39, 0.29) is 43.0 Å². The van der Waals surface area contributed by atoms with Gasteiger partial charge < -0.3 is 29.9 Å². The SMILES string of the molecule is COc1ccc(COc2c(CN3O[C@@H](CO)[C@@H]([C@H](C)O)[C@H]3C(=O)N[C@H]3C[C@H]4C[C@@H]([C@@H]3C)C4(C)C)cccc2-c2ccc(C(=O)N(C)C)cc2)cc1. The van der Waals surface area contributed by atoms with Crippen molar-refractivity contribution >= 4 is 11.8 Å². The average Bonchev–Trinajstić information content (AvgIpc) is 3.50. The second-order valence-corrected chi connectivity index (χ2v) is 15.4. The number of ether oxygens (including phenoxy) is 2. The lowest BCUT2D eigenvalue weighted by atomic mass is 9.45. The summed E-state index contributed by atoms with van der Waals surface area (Å²) >= 11 is 0. The Morgan fingerprint density at radius 1 is 1.06 bits per heavy atom. The van der Waals surface area contributed by atoms with Crippen LogP contribution in [0.15, 0.2) is 66.7 Å². The van der Waals surface area contributed by atoms with E-state index in [1.165, 1.54) is 6.42 Å². The molecule has 4 fully saturated rings. The van der Waals surface area contributed by atoms with Crippen LogP contribution < -0.4 is 14.8 Å². The van der Waals surface area contributed by atoms with Crippen LogP contribution in [-0.4, -0.2) is 84.1 Å². The summed E-state index contributed by atoms with van der Waals surface area (Å²) in [6.45, 7) is 8.65. The van der Waals surface area contributed by atoms with Gasteiger partial charge in [-0.2, -0.15) is 5.06 Å². The number of nitrogens with zero attached hydrogens (tertiary/aromatic N) is 2. The van der Waals surface area contributed by atoms with Crippen molar-refractivity contribution in [1.29, 1.82) is 0 Å². The molecule has 7 rings (SSSR count). The van der Waals surface area contributed by atoms with E-state index in [9.17, 15) is 19.8 Å². The highest BCUT2D eigenvalue weighted by Crippen LogP contribution is 2.61. The number of methoxy groups -OCH3 is 1. The molecule has 274 valence electrons. The van der Waals surface area contributed by atoms with E-state index in [1.807, 2.05) is 54.6 Å². The summed E-state index contributed by atoms with van der Waals surface area (Å²) in [6.07, 6.45) is 0.466. The van der Waals surface area contributed by atoms with E-state index in [4.69, 9.17) is 14.3 Å². The molecule has 51 heavy (non-hydrogen) atoms. The number of nitrogens with one attached hydrogen (secondary N) is 1. The number of fused-ring (bicyclic) bond motifs is 2. The number of carbonyl (C=O) groups is 2. The molecule has 1 aliphatic heterocycles. The van der Waals surface area contributed by atoms with Crippen LogP contribution in [0.2, 0.25) is 0 Å². The Hall–Kier alpha value is -3.96. The number of aliphatic hydroxyl groups is 2. The van der Waals surface area contributed by atoms with Gasteiger partial charge >= 0.3 is 0 Å². The fourth-order valence-electron chi connectivity index (χ4n) is 8.69. The molecular formula is C41H53N3O7. The maximum Gasteiger partial charge on any atom is 0.253 e. The van der Waals surface area contributed by atoms with Gasteiger partial charge in [0, 0.05) is 42.7 Å². The summed E-state index contributed by atoms with van der Waals surface area (Å²) in [5.41, 5.74) is 4.24. The zero-order chi connectivity index (χ0) is 36.6. The van der Waals surface area contributed by atoms with Crippen molar-refractivity contribution in [2.45, 2.75) is 78.0 Å². The number of hydroxylamine groups is 2. The van der Waals surface area contributed by atoms with Crippen molar-refractivity contribution in [2.24, 2.45) is 29.1 Å². The minimum atomic E-state index is -0.903. The minimum Gasteiger partial charge on any atom is -0.497 e. The van der Waals surface area contributed by atoms with Crippen molar-refractivity contribution in [1.82, 2.24) is 15.3 Å². The van der Waals surface area contributed by atoms with Gasteiger partial charge in [0.05, 0.1) is 26.4 Å². The molecule has 3 aliphatic carbocycles. The molecule has 2 bridgehead atoms. The van der Waals surface area contributed by atoms with Crippen molar-refractivity contribution in [3.63, 3.8) is 0 Å². The molecule has 2 amide bonds. The molecule has 3 saturated carbocycles. The van der Waals surface area contributed by atoms with E-state index < -0.39 is 24.2 Å². The van der Waals surface area contributed by atoms with Crippen LogP contribution in [0.25, 0.3) is 11.1 Å². The van der Waals surface area contributed by atoms with Crippen molar-refractivity contribution < 1.29 is 34.1 Å². The lowest BCUT2D eigenvalue weighted by Crippen LogP contribution is -2.62. The maximum atomic E-state index is 14.3. The van der Waals surface area contributed by atoms with Crippen LogP contribution in [0.4, 0.5) is 0 Å². The van der Waals surface area contributed by atoms with Crippen LogP contribution in [0.3, 0.4) is 0 Å². The summed E-state index contributed by atoms with van der Waals surface area (Å²) in [7, 11) is 5.07. The normalized spacial score (nSPS) is 27.3. The maximum absolute atomic E-state index is 14.3. The fourth-order valence-corrected chi connectivity index (χ4v) is 8.69. The second kappa shape index (κ2) is 14.9. The van der Waals surface area contributed by atoms with Crippen LogP contribution in [0, 0.1) is 29.1 Å². The third-order valence-electron chi connectivity index (χ3n) is 11.9. The van der Waals surface area contributed by atoms with Crippen molar-refractivity contribution in [2.75, 3.05) is 27.8 Å². The summed E-state index contributed by atoms with van der Waals surface area (Å²) in [5.74, 6) is 1.87. The quantitative estimate of drug-likeness (QED) is 0.233. The van der Waals surface area contributed by atoms with E-state index >= 15 is 0 Å². The highest BCUT2D eigenvalue weighted by Gasteiger charge is 2.57. The molecule has 3 aromatic rings. The topological polar surface area (TPSA) is 121 Å². The number of hydrogen-bond acceptors (Lipinski definition) is 8. The predicted molar refractivity (Wildman–Crippen MR) is 195 cm³/mol. The van der Waals surface area contributed by atoms with Crippen LogP contribution >= 0.6 is 0 Å². The predicted octanol–water partition coefficient (Wildman–Crippen LogP) is 5.30. The molecule has 0 radical (unpaired) electrons. The number of aliphatic hydroxyl groups excluding tert-OH is 2. The first-order valence-electron chi connectivity index (χ1n) is 18.1.